The zero-order valence-corrected chi connectivity index (χ0v) is 12.5. The zero-order chi connectivity index (χ0) is 15.1. The molecule has 0 amide bonds. The van der Waals surface area contributed by atoms with Crippen LogP contribution < -0.4 is 15.2 Å². The molecule has 2 aromatic rings. The second-order valence-electron chi connectivity index (χ2n) is 4.50. The van der Waals surface area contributed by atoms with E-state index >= 15 is 0 Å². The highest BCUT2D eigenvalue weighted by Crippen LogP contribution is 2.29. The summed E-state index contributed by atoms with van der Waals surface area (Å²) in [5, 5.41) is 3.86. The lowest BCUT2D eigenvalue weighted by atomic mass is 10.1. The molecule has 0 radical (unpaired) electrons. The van der Waals surface area contributed by atoms with Gasteiger partial charge < -0.3 is 19.7 Å². The number of nitrogens with zero attached hydrogens (tertiary/aromatic N) is 2. The standard InChI is InChI=1S/C15H21N3O3/c1-3-15-17-14(18-21-15)10-20-12-6-5-11(7-8-16)9-13(12)19-4-2/h5-6,9H,3-4,7-8,10,16H2,1-2H3. The first-order valence-corrected chi connectivity index (χ1v) is 7.16. The third kappa shape index (κ3) is 4.19. The first-order chi connectivity index (χ1) is 10.3. The summed E-state index contributed by atoms with van der Waals surface area (Å²) < 4.78 is 16.4. The van der Waals surface area contributed by atoms with Crippen LogP contribution in [0.3, 0.4) is 0 Å². The second kappa shape index (κ2) is 7.64. The monoisotopic (exact) mass is 291 g/mol. The van der Waals surface area contributed by atoms with Crippen molar-refractivity contribution in [3.8, 4) is 11.5 Å². The minimum atomic E-state index is 0.250. The molecule has 0 aliphatic carbocycles. The summed E-state index contributed by atoms with van der Waals surface area (Å²) in [5.41, 5.74) is 6.70. The largest absolute Gasteiger partial charge is 0.490 e. The van der Waals surface area contributed by atoms with Gasteiger partial charge in [0.2, 0.25) is 11.7 Å². The van der Waals surface area contributed by atoms with Gasteiger partial charge in [0.1, 0.15) is 0 Å². The molecule has 2 N–H and O–H groups in total. The van der Waals surface area contributed by atoms with Crippen molar-refractivity contribution in [1.29, 1.82) is 0 Å². The van der Waals surface area contributed by atoms with E-state index < -0.39 is 0 Å². The molecule has 2 rings (SSSR count). The molecule has 114 valence electrons. The number of hydrogen-bond donors (Lipinski definition) is 1. The molecule has 0 aliphatic rings. The van der Waals surface area contributed by atoms with Crippen LogP contribution in [0, 0.1) is 0 Å². The topological polar surface area (TPSA) is 83.4 Å². The molecule has 1 aromatic carbocycles. The van der Waals surface area contributed by atoms with E-state index in [-0.39, 0.29) is 6.61 Å². The van der Waals surface area contributed by atoms with Gasteiger partial charge >= 0.3 is 0 Å². The summed E-state index contributed by atoms with van der Waals surface area (Å²) in [6.45, 7) is 5.33. The van der Waals surface area contributed by atoms with Crippen molar-refractivity contribution in [3.63, 3.8) is 0 Å². The van der Waals surface area contributed by atoms with Gasteiger partial charge in [-0.3, -0.25) is 0 Å². The fraction of sp³-hybridized carbons (Fsp3) is 0.467. The quantitative estimate of drug-likeness (QED) is 0.802. The van der Waals surface area contributed by atoms with Gasteiger partial charge in [-0.1, -0.05) is 18.1 Å². The molecule has 0 aliphatic heterocycles. The van der Waals surface area contributed by atoms with Gasteiger partial charge in [0.15, 0.2) is 18.1 Å². The van der Waals surface area contributed by atoms with Gasteiger partial charge in [0.25, 0.3) is 0 Å². The van der Waals surface area contributed by atoms with Gasteiger partial charge in [0, 0.05) is 6.42 Å². The summed E-state index contributed by atoms with van der Waals surface area (Å²) >= 11 is 0. The second-order valence-corrected chi connectivity index (χ2v) is 4.50. The Balaban J connectivity index is 2.07. The molecule has 0 bridgehead atoms. The van der Waals surface area contributed by atoms with Crippen molar-refractivity contribution in [2.24, 2.45) is 5.73 Å². The molecule has 0 saturated heterocycles. The number of ether oxygens (including phenoxy) is 2. The highest BCUT2D eigenvalue weighted by atomic mass is 16.5. The van der Waals surface area contributed by atoms with E-state index in [0.717, 1.165) is 12.0 Å². The van der Waals surface area contributed by atoms with E-state index in [9.17, 15) is 0 Å². The SMILES string of the molecule is CCOc1cc(CCN)ccc1OCc1noc(CC)n1. The van der Waals surface area contributed by atoms with Gasteiger partial charge in [-0.05, 0) is 37.6 Å². The average molecular weight is 291 g/mol. The van der Waals surface area contributed by atoms with Crippen LogP contribution in [0.5, 0.6) is 11.5 Å². The summed E-state index contributed by atoms with van der Waals surface area (Å²) in [6, 6.07) is 5.83. The van der Waals surface area contributed by atoms with E-state index in [1.807, 2.05) is 32.0 Å². The molecule has 21 heavy (non-hydrogen) atoms. The van der Waals surface area contributed by atoms with E-state index in [0.29, 0.717) is 42.8 Å². The Bertz CT molecular complexity index is 569. The van der Waals surface area contributed by atoms with E-state index in [1.165, 1.54) is 0 Å². The van der Waals surface area contributed by atoms with Crippen molar-refractivity contribution < 1.29 is 14.0 Å². The van der Waals surface area contributed by atoms with Crippen molar-refractivity contribution in [1.82, 2.24) is 10.1 Å². The van der Waals surface area contributed by atoms with Crippen molar-refractivity contribution >= 4 is 0 Å². The Morgan fingerprint density at radius 1 is 1.19 bits per heavy atom. The molecular formula is C15H21N3O3. The summed E-state index contributed by atoms with van der Waals surface area (Å²) in [6.07, 6.45) is 1.52. The van der Waals surface area contributed by atoms with Crippen LogP contribution in [0.25, 0.3) is 0 Å². The summed E-state index contributed by atoms with van der Waals surface area (Å²) in [7, 11) is 0. The maximum absolute atomic E-state index is 5.73. The van der Waals surface area contributed by atoms with Crippen LogP contribution in [0.1, 0.15) is 31.1 Å². The Morgan fingerprint density at radius 2 is 2.05 bits per heavy atom. The first kappa shape index (κ1) is 15.3. The molecule has 6 nitrogen and oxygen atoms in total. The van der Waals surface area contributed by atoms with E-state index in [1.54, 1.807) is 0 Å². The maximum Gasteiger partial charge on any atom is 0.226 e. The summed E-state index contributed by atoms with van der Waals surface area (Å²) in [4.78, 5) is 4.21. The minimum absolute atomic E-state index is 0.250. The predicted molar refractivity (Wildman–Crippen MR) is 78.4 cm³/mol. The normalized spacial score (nSPS) is 10.6. The molecule has 1 heterocycles. The molecular weight excluding hydrogens is 270 g/mol. The third-order valence-electron chi connectivity index (χ3n) is 2.91. The molecule has 0 unspecified atom stereocenters. The van der Waals surface area contributed by atoms with Gasteiger partial charge in [0.05, 0.1) is 6.61 Å². The number of aryl methyl sites for hydroxylation is 1. The minimum Gasteiger partial charge on any atom is -0.490 e. The van der Waals surface area contributed by atoms with E-state index in [2.05, 4.69) is 10.1 Å². The first-order valence-electron chi connectivity index (χ1n) is 7.16. The number of nitrogens with two attached hydrogens (primary N) is 1. The van der Waals surface area contributed by atoms with Crippen LogP contribution in [-0.2, 0) is 19.4 Å². The van der Waals surface area contributed by atoms with E-state index in [4.69, 9.17) is 19.7 Å². The van der Waals surface area contributed by atoms with Gasteiger partial charge in [-0.15, -0.1) is 0 Å². The number of aromatic nitrogens is 2. The van der Waals surface area contributed by atoms with Crippen molar-refractivity contribution in [2.45, 2.75) is 33.3 Å². The highest BCUT2D eigenvalue weighted by Gasteiger charge is 2.09. The molecule has 1 aromatic heterocycles. The molecule has 6 heteroatoms. The van der Waals surface area contributed by atoms with Gasteiger partial charge in [-0.25, -0.2) is 0 Å². The van der Waals surface area contributed by atoms with Crippen LogP contribution in [0.4, 0.5) is 0 Å². The maximum atomic E-state index is 5.73. The lowest BCUT2D eigenvalue weighted by molar-refractivity contribution is 0.258. The summed E-state index contributed by atoms with van der Waals surface area (Å²) in [5.74, 6) is 2.51. The highest BCUT2D eigenvalue weighted by molar-refractivity contribution is 5.43. The lowest BCUT2D eigenvalue weighted by Crippen LogP contribution is -2.05. The lowest BCUT2D eigenvalue weighted by Gasteiger charge is -2.12. The molecule has 0 saturated carbocycles. The van der Waals surface area contributed by atoms with Crippen LogP contribution in [-0.4, -0.2) is 23.3 Å². The van der Waals surface area contributed by atoms with Gasteiger partial charge in [-0.2, -0.15) is 4.98 Å². The van der Waals surface area contributed by atoms with Crippen LogP contribution in [0.2, 0.25) is 0 Å². The fourth-order valence-electron chi connectivity index (χ4n) is 1.90. The Kier molecular flexibility index (Phi) is 5.57. The van der Waals surface area contributed by atoms with Crippen molar-refractivity contribution in [3.05, 3.63) is 35.5 Å². The molecule has 0 atom stereocenters. The van der Waals surface area contributed by atoms with Crippen LogP contribution >= 0.6 is 0 Å². The fourth-order valence-corrected chi connectivity index (χ4v) is 1.90. The smallest absolute Gasteiger partial charge is 0.226 e. The number of rotatable bonds is 8. The predicted octanol–water partition coefficient (Wildman–Crippen LogP) is 2.11. The Hall–Kier alpha value is -2.08. The number of benzene rings is 1. The zero-order valence-electron chi connectivity index (χ0n) is 12.5. The number of hydrogen-bond acceptors (Lipinski definition) is 6. The Labute approximate surface area is 124 Å². The Morgan fingerprint density at radius 3 is 2.71 bits per heavy atom. The molecule has 0 spiro atoms. The average Bonchev–Trinajstić information content (AvgIpc) is 2.95. The van der Waals surface area contributed by atoms with Crippen LogP contribution in [0.15, 0.2) is 22.7 Å². The molecule has 0 fully saturated rings. The van der Waals surface area contributed by atoms with Crippen molar-refractivity contribution in [2.75, 3.05) is 13.2 Å². The third-order valence-corrected chi connectivity index (χ3v) is 2.91.